The molecule has 1 aromatic rings. The Kier molecular flexibility index (Phi) is 6.45. The molecule has 1 aliphatic rings. The second-order valence-corrected chi connectivity index (χ2v) is 6.59. The van der Waals surface area contributed by atoms with Gasteiger partial charge in [0.05, 0.1) is 17.2 Å². The summed E-state index contributed by atoms with van der Waals surface area (Å²) in [5.74, 6) is -0.718. The van der Waals surface area contributed by atoms with Crippen LogP contribution in [0, 0.1) is 0 Å². The van der Waals surface area contributed by atoms with Crippen LogP contribution in [-0.2, 0) is 20.7 Å². The van der Waals surface area contributed by atoms with E-state index in [0.29, 0.717) is 0 Å². The Morgan fingerprint density at radius 3 is 2.79 bits per heavy atom. The molecule has 6 nitrogen and oxygen atoms in total. The number of hydrogen-bond donors (Lipinski definition) is 3. The van der Waals surface area contributed by atoms with Gasteiger partial charge < -0.3 is 20.5 Å². The monoisotopic (exact) mass is 354 g/mol. The van der Waals surface area contributed by atoms with Gasteiger partial charge in [0.25, 0.3) is 0 Å². The third-order valence-corrected chi connectivity index (χ3v) is 4.08. The lowest BCUT2D eigenvalue weighted by Gasteiger charge is -2.21. The molecule has 1 amide bonds. The Morgan fingerprint density at radius 2 is 2.21 bits per heavy atom. The minimum Gasteiger partial charge on any atom is -0.506 e. The minimum atomic E-state index is -0.803. The first-order valence-electron chi connectivity index (χ1n) is 8.08. The summed E-state index contributed by atoms with van der Waals surface area (Å²) in [5.41, 5.74) is 0.725. The molecule has 0 aromatic heterocycles. The summed E-state index contributed by atoms with van der Waals surface area (Å²) in [6, 6.07) is 3.62. The molecule has 1 unspecified atom stereocenters. The van der Waals surface area contributed by atoms with Crippen molar-refractivity contribution < 1.29 is 19.4 Å². The summed E-state index contributed by atoms with van der Waals surface area (Å²) in [6.45, 7) is 4.31. The second-order valence-electron chi connectivity index (χ2n) is 6.19. The van der Waals surface area contributed by atoms with Gasteiger partial charge >= 0.3 is 5.97 Å². The fraction of sp³-hybridized carbons (Fsp3) is 0.529. The van der Waals surface area contributed by atoms with Crippen LogP contribution in [0.5, 0.6) is 5.75 Å². The highest BCUT2D eigenvalue weighted by Crippen LogP contribution is 2.24. The van der Waals surface area contributed by atoms with Crippen molar-refractivity contribution in [3.63, 3.8) is 0 Å². The summed E-state index contributed by atoms with van der Waals surface area (Å²) < 4.78 is 5.25. The smallest absolute Gasteiger partial charge is 0.329 e. The third-order valence-electron chi connectivity index (χ3n) is 3.78. The number of nitrogens with one attached hydrogen (secondary N) is 2. The van der Waals surface area contributed by atoms with Crippen LogP contribution < -0.4 is 10.6 Å². The summed E-state index contributed by atoms with van der Waals surface area (Å²) in [6.07, 6.45) is 1.66. The van der Waals surface area contributed by atoms with Crippen molar-refractivity contribution in [3.8, 4) is 5.75 Å². The summed E-state index contributed by atoms with van der Waals surface area (Å²) in [5, 5.41) is 15.6. The maximum Gasteiger partial charge on any atom is 0.329 e. The number of benzene rings is 1. The van der Waals surface area contributed by atoms with Gasteiger partial charge in [-0.3, -0.25) is 4.79 Å². The van der Waals surface area contributed by atoms with E-state index in [1.807, 2.05) is 0 Å². The minimum absolute atomic E-state index is 0.0269. The molecule has 2 rings (SSSR count). The number of aromatic hydroxyl groups is 1. The lowest BCUT2D eigenvalue weighted by Crippen LogP contribution is -2.50. The van der Waals surface area contributed by atoms with Crippen LogP contribution >= 0.6 is 11.6 Å². The highest BCUT2D eigenvalue weighted by atomic mass is 35.5. The highest BCUT2D eigenvalue weighted by Gasteiger charge is 2.28. The molecule has 7 heteroatoms. The zero-order valence-electron chi connectivity index (χ0n) is 13.8. The number of halogens is 1. The van der Waals surface area contributed by atoms with Gasteiger partial charge in [-0.1, -0.05) is 17.7 Å². The average Bonchev–Trinajstić information content (AvgIpc) is 3.04. The molecule has 1 saturated heterocycles. The number of phenolic OH excluding ortho intramolecular Hbond substituents is 1. The number of carbonyl (C=O) groups is 2. The van der Waals surface area contributed by atoms with Gasteiger partial charge in [-0.15, -0.1) is 0 Å². The average molecular weight is 355 g/mol. The van der Waals surface area contributed by atoms with Crippen LogP contribution in [0.4, 0.5) is 0 Å². The largest absolute Gasteiger partial charge is 0.506 e. The Labute approximate surface area is 146 Å². The van der Waals surface area contributed by atoms with E-state index in [1.54, 1.807) is 26.0 Å². The molecule has 0 bridgehead atoms. The Balaban J connectivity index is 2.10. The van der Waals surface area contributed by atoms with Gasteiger partial charge in [-0.25, -0.2) is 4.79 Å². The van der Waals surface area contributed by atoms with E-state index >= 15 is 0 Å². The van der Waals surface area contributed by atoms with E-state index in [9.17, 15) is 14.7 Å². The molecule has 0 saturated carbocycles. The summed E-state index contributed by atoms with van der Waals surface area (Å²) >= 11 is 5.91. The Bertz CT molecular complexity index is 600. The molecule has 0 spiro atoms. The molecule has 3 N–H and O–H groups in total. The number of amides is 1. The maximum absolute atomic E-state index is 12.3. The number of phenols is 1. The van der Waals surface area contributed by atoms with Crippen LogP contribution in [0.1, 0.15) is 32.3 Å². The zero-order valence-corrected chi connectivity index (χ0v) is 14.6. The van der Waals surface area contributed by atoms with Crippen LogP contribution in [0.3, 0.4) is 0 Å². The van der Waals surface area contributed by atoms with Crippen molar-refractivity contribution in [3.05, 3.63) is 28.8 Å². The number of ether oxygens (including phenoxy) is 1. The van der Waals surface area contributed by atoms with Gasteiger partial charge in [0, 0.05) is 6.42 Å². The lowest BCUT2D eigenvalue weighted by atomic mass is 10.0. The number of esters is 1. The molecule has 1 aliphatic heterocycles. The third kappa shape index (κ3) is 5.11. The highest BCUT2D eigenvalue weighted by molar-refractivity contribution is 6.32. The molecular weight excluding hydrogens is 332 g/mol. The van der Waals surface area contributed by atoms with Crippen molar-refractivity contribution in [2.45, 2.75) is 51.3 Å². The maximum atomic E-state index is 12.3. The van der Waals surface area contributed by atoms with E-state index in [1.165, 1.54) is 6.07 Å². The molecule has 0 aliphatic carbocycles. The molecule has 1 heterocycles. The SMILES string of the molecule is CC(C)OC(=O)C(Cc1ccc(O)c(Cl)c1)NC(=O)[C@@H]1CCCN1. The quantitative estimate of drug-likeness (QED) is 0.678. The molecule has 0 radical (unpaired) electrons. The van der Waals surface area contributed by atoms with E-state index in [0.717, 1.165) is 24.9 Å². The zero-order chi connectivity index (χ0) is 17.7. The van der Waals surface area contributed by atoms with Crippen molar-refractivity contribution in [2.75, 3.05) is 6.54 Å². The van der Waals surface area contributed by atoms with Crippen LogP contribution in [0.2, 0.25) is 5.02 Å². The van der Waals surface area contributed by atoms with Crippen LogP contribution in [0.15, 0.2) is 18.2 Å². The van der Waals surface area contributed by atoms with Gasteiger partial charge in [-0.05, 0) is 50.9 Å². The molecule has 1 aromatic carbocycles. The Hall–Kier alpha value is -1.79. The first kappa shape index (κ1) is 18.5. The topological polar surface area (TPSA) is 87.7 Å². The van der Waals surface area contributed by atoms with E-state index < -0.39 is 12.0 Å². The van der Waals surface area contributed by atoms with E-state index in [4.69, 9.17) is 16.3 Å². The van der Waals surface area contributed by atoms with Gasteiger partial charge in [-0.2, -0.15) is 0 Å². The molecule has 2 atom stereocenters. The van der Waals surface area contributed by atoms with Crippen molar-refractivity contribution in [1.82, 2.24) is 10.6 Å². The first-order valence-corrected chi connectivity index (χ1v) is 8.46. The predicted molar refractivity (Wildman–Crippen MR) is 91.0 cm³/mol. The second kappa shape index (κ2) is 8.35. The summed E-state index contributed by atoms with van der Waals surface area (Å²) in [4.78, 5) is 24.6. The van der Waals surface area contributed by atoms with Crippen molar-refractivity contribution >= 4 is 23.5 Å². The van der Waals surface area contributed by atoms with Gasteiger partial charge in [0.15, 0.2) is 0 Å². The molecule has 1 fully saturated rings. The standard InChI is InChI=1S/C17H23ClN2O4/c1-10(2)24-17(23)14(20-16(22)13-4-3-7-19-13)9-11-5-6-15(21)12(18)8-11/h5-6,8,10,13-14,19,21H,3-4,7,9H2,1-2H3,(H,20,22)/t13-,14?/m0/s1. The fourth-order valence-electron chi connectivity index (χ4n) is 2.60. The van der Waals surface area contributed by atoms with Crippen molar-refractivity contribution in [2.24, 2.45) is 0 Å². The molecule has 24 heavy (non-hydrogen) atoms. The number of carbonyl (C=O) groups excluding carboxylic acids is 2. The molecular formula is C17H23ClN2O4. The van der Waals surface area contributed by atoms with Gasteiger partial charge in [0.1, 0.15) is 11.8 Å². The normalized spacial score (nSPS) is 18.4. The van der Waals surface area contributed by atoms with E-state index in [2.05, 4.69) is 10.6 Å². The fourth-order valence-corrected chi connectivity index (χ4v) is 2.80. The van der Waals surface area contributed by atoms with Gasteiger partial charge in [0.2, 0.25) is 5.91 Å². The summed E-state index contributed by atoms with van der Waals surface area (Å²) in [7, 11) is 0. The first-order chi connectivity index (χ1) is 11.4. The number of rotatable bonds is 6. The van der Waals surface area contributed by atoms with Crippen LogP contribution in [-0.4, -0.2) is 41.7 Å². The van der Waals surface area contributed by atoms with Crippen LogP contribution in [0.25, 0.3) is 0 Å². The number of hydrogen-bond acceptors (Lipinski definition) is 5. The van der Waals surface area contributed by atoms with Crippen molar-refractivity contribution in [1.29, 1.82) is 0 Å². The Morgan fingerprint density at radius 1 is 1.46 bits per heavy atom. The molecule has 132 valence electrons. The lowest BCUT2D eigenvalue weighted by molar-refractivity contribution is -0.151. The van der Waals surface area contributed by atoms with E-state index in [-0.39, 0.29) is 35.2 Å². The predicted octanol–water partition coefficient (Wildman–Crippen LogP) is 1.78.